The molecule has 0 bridgehead atoms. The van der Waals surface area contributed by atoms with Gasteiger partial charge in [0.25, 0.3) is 0 Å². The first-order chi connectivity index (χ1) is 21.4. The third kappa shape index (κ3) is 3.97. The Hall–Kier alpha value is -4.40. The second-order valence-electron chi connectivity index (χ2n) is 12.2. The van der Waals surface area contributed by atoms with E-state index < -0.39 is 0 Å². The summed E-state index contributed by atoms with van der Waals surface area (Å²) in [5, 5.41) is 7.92. The van der Waals surface area contributed by atoms with Crippen molar-refractivity contribution in [2.75, 3.05) is 0 Å². The summed E-state index contributed by atoms with van der Waals surface area (Å²) < 4.78 is 2.66. The van der Waals surface area contributed by atoms with E-state index in [0.29, 0.717) is 0 Å². The summed E-state index contributed by atoms with van der Waals surface area (Å²) >= 11 is 1.89. The summed E-state index contributed by atoms with van der Waals surface area (Å²) in [5.41, 5.74) is 14.8. The molecule has 0 atom stereocenters. The van der Waals surface area contributed by atoms with E-state index in [2.05, 4.69) is 154 Å². The number of hydrogen-bond acceptors (Lipinski definition) is 1. The average Bonchev–Trinajstić information content (AvgIpc) is 3.45. The van der Waals surface area contributed by atoms with Gasteiger partial charge in [0.1, 0.15) is 39.2 Å². The second-order valence-corrected chi connectivity index (χ2v) is 13.3. The Kier molecular flexibility index (Phi) is 6.40. The van der Waals surface area contributed by atoms with Gasteiger partial charge in [-0.05, 0) is 73.1 Å². The molecule has 202 valence electrons. The topological polar surface area (TPSA) is 0 Å². The first-order valence-corrected chi connectivity index (χ1v) is 16.3. The molecule has 1 aromatic heterocycles. The Bertz CT molecular complexity index is 2360. The van der Waals surface area contributed by atoms with E-state index in [1.807, 2.05) is 11.3 Å². The average molecular weight is 572 g/mol. The van der Waals surface area contributed by atoms with Gasteiger partial charge in [0.15, 0.2) is 0 Å². The minimum absolute atomic E-state index is 1.26. The van der Waals surface area contributed by atoms with E-state index in [4.69, 9.17) is 0 Å². The van der Waals surface area contributed by atoms with Crippen molar-refractivity contribution in [3.63, 3.8) is 0 Å². The monoisotopic (exact) mass is 572 g/mol. The van der Waals surface area contributed by atoms with Gasteiger partial charge in [-0.15, -0.1) is 27.7 Å². The van der Waals surface area contributed by atoms with Crippen molar-refractivity contribution in [1.29, 1.82) is 0 Å². The predicted octanol–water partition coefficient (Wildman–Crippen LogP) is 2.65. The van der Waals surface area contributed by atoms with Gasteiger partial charge in [-0.3, -0.25) is 0 Å². The van der Waals surface area contributed by atoms with Crippen LogP contribution in [0.2, 0.25) is 0 Å². The van der Waals surface area contributed by atoms with Crippen molar-refractivity contribution < 1.29 is 0 Å². The maximum atomic E-state index is 2.45. The molecule has 0 radical (unpaired) electrons. The molecule has 6 heteroatoms. The maximum absolute atomic E-state index is 2.45. The molecule has 0 aliphatic rings. The molecule has 0 fully saturated rings. The van der Waals surface area contributed by atoms with Crippen LogP contribution in [0.4, 0.5) is 0 Å². The number of fused-ring (bicyclic) bond motifs is 5. The lowest BCUT2D eigenvalue weighted by Gasteiger charge is -2.24. The Morgan fingerprint density at radius 1 is 0.364 bits per heavy atom. The van der Waals surface area contributed by atoms with Crippen LogP contribution >= 0.6 is 11.3 Å². The summed E-state index contributed by atoms with van der Waals surface area (Å²) in [6.07, 6.45) is 0. The van der Waals surface area contributed by atoms with Gasteiger partial charge in [0, 0.05) is 20.2 Å². The van der Waals surface area contributed by atoms with Crippen LogP contribution in [-0.2, 0) is 0 Å². The van der Waals surface area contributed by atoms with Gasteiger partial charge in [-0.2, -0.15) is 0 Å². The van der Waals surface area contributed by atoms with Gasteiger partial charge in [-0.1, -0.05) is 108 Å². The van der Waals surface area contributed by atoms with Crippen molar-refractivity contribution in [2.45, 2.75) is 0 Å². The molecule has 0 saturated heterocycles. The molecule has 0 spiro atoms. The van der Waals surface area contributed by atoms with E-state index in [1.165, 1.54) is 102 Å². The van der Waals surface area contributed by atoms with E-state index >= 15 is 0 Å². The molecular weight excluding hydrogens is 543 g/mol. The van der Waals surface area contributed by atoms with Crippen LogP contribution in [0.3, 0.4) is 0 Å². The molecule has 0 saturated carbocycles. The normalized spacial score (nSPS) is 11.6. The lowest BCUT2D eigenvalue weighted by molar-refractivity contribution is 1.67. The predicted molar refractivity (Wildman–Crippen MR) is 212 cm³/mol. The fourth-order valence-corrected chi connectivity index (χ4v) is 8.54. The van der Waals surface area contributed by atoms with Gasteiger partial charge >= 0.3 is 0 Å². The van der Waals surface area contributed by atoms with Crippen LogP contribution in [0.25, 0.3) is 75.1 Å². The Morgan fingerprint density at radius 2 is 0.909 bits per heavy atom. The molecule has 7 aromatic carbocycles. The summed E-state index contributed by atoms with van der Waals surface area (Å²) in [7, 11) is 11.4. The van der Waals surface area contributed by atoms with Crippen LogP contribution in [0.1, 0.15) is 0 Å². The van der Waals surface area contributed by atoms with Gasteiger partial charge in [0.05, 0.1) is 0 Å². The van der Waals surface area contributed by atoms with Crippen molar-refractivity contribution in [3.05, 3.63) is 115 Å². The van der Waals surface area contributed by atoms with Gasteiger partial charge in [-0.25, -0.2) is 0 Å². The van der Waals surface area contributed by atoms with Crippen molar-refractivity contribution in [2.24, 2.45) is 0 Å². The van der Waals surface area contributed by atoms with Crippen LogP contribution in [-0.4, -0.2) is 39.2 Å². The third-order valence-electron chi connectivity index (χ3n) is 10.0. The smallest absolute Gasteiger partial charge is 0.135 e. The number of hydrogen-bond donors (Lipinski definition) is 0. The molecule has 8 aromatic rings. The lowest BCUT2D eigenvalue weighted by Crippen LogP contribution is -2.55. The van der Waals surface area contributed by atoms with Crippen molar-refractivity contribution in [1.82, 2.24) is 0 Å². The highest BCUT2D eigenvalue weighted by Gasteiger charge is 2.21. The maximum Gasteiger partial charge on any atom is 0.139 e. The first kappa shape index (κ1) is 27.2. The fourth-order valence-electron chi connectivity index (χ4n) is 7.42. The summed E-state index contributed by atoms with van der Waals surface area (Å²) in [4.78, 5) is 0. The number of rotatable bonds is 3. The summed E-state index contributed by atoms with van der Waals surface area (Å²) in [6, 6.07) is 42.8. The fraction of sp³-hybridized carbons (Fsp3) is 0. The molecule has 0 aliphatic heterocycles. The SMILES string of the molecule is Bc1c(B)c(B)c(-c2c3ccccc3c(-c3ccc4sc5cccc(-c6ccccc6)c5c4c3)c3ccccc23)c(B)c1B. The Labute approximate surface area is 267 Å². The molecule has 0 aliphatic carbocycles. The van der Waals surface area contributed by atoms with Crippen molar-refractivity contribution >= 4 is 120 Å². The molecule has 8 rings (SSSR count). The van der Waals surface area contributed by atoms with E-state index in [1.54, 1.807) is 0 Å². The van der Waals surface area contributed by atoms with Crippen LogP contribution in [0, 0.1) is 0 Å². The van der Waals surface area contributed by atoms with Crippen LogP contribution in [0.15, 0.2) is 115 Å². The number of thiophene rings is 1. The highest BCUT2D eigenvalue weighted by atomic mass is 32.1. The zero-order valence-electron chi connectivity index (χ0n) is 25.9. The molecular formula is C38H29B5S. The van der Waals surface area contributed by atoms with E-state index in [9.17, 15) is 0 Å². The summed E-state index contributed by atoms with van der Waals surface area (Å²) in [6.45, 7) is 0. The molecule has 44 heavy (non-hydrogen) atoms. The molecule has 0 unspecified atom stereocenters. The third-order valence-corrected chi connectivity index (χ3v) is 11.2. The van der Waals surface area contributed by atoms with E-state index in [0.717, 1.165) is 0 Å². The van der Waals surface area contributed by atoms with E-state index in [-0.39, 0.29) is 0 Å². The van der Waals surface area contributed by atoms with Crippen LogP contribution < -0.4 is 27.3 Å². The minimum Gasteiger partial charge on any atom is -0.135 e. The number of benzene rings is 7. The van der Waals surface area contributed by atoms with Gasteiger partial charge in [0.2, 0.25) is 0 Å². The first-order valence-electron chi connectivity index (χ1n) is 15.5. The largest absolute Gasteiger partial charge is 0.139 e. The molecule has 0 amide bonds. The minimum atomic E-state index is 1.26. The Morgan fingerprint density at radius 3 is 1.52 bits per heavy atom. The Balaban J connectivity index is 1.48. The quantitative estimate of drug-likeness (QED) is 0.226. The highest BCUT2D eigenvalue weighted by molar-refractivity contribution is 7.26. The molecule has 1 heterocycles. The second kappa shape index (κ2) is 10.4. The van der Waals surface area contributed by atoms with Gasteiger partial charge < -0.3 is 0 Å². The zero-order chi connectivity index (χ0) is 30.1. The van der Waals surface area contributed by atoms with Crippen molar-refractivity contribution in [3.8, 4) is 33.4 Å². The highest BCUT2D eigenvalue weighted by Crippen LogP contribution is 2.46. The lowest BCUT2D eigenvalue weighted by atomic mass is 9.59. The standard InChI is InChI=1S/C38H29B5S/c39-34-33(35(40)37(42)38(43)36(34)41)32-25-13-6-4-11-23(25)30(24-12-5-7-14-26(24)32)21-17-18-28-27(19-21)31-22(15-8-16-29(31)44-28)20-9-2-1-3-10-20/h1-19H,39-43H2. The molecule has 0 N–H and O–H groups in total. The molecule has 0 nitrogen and oxygen atoms in total. The zero-order valence-corrected chi connectivity index (χ0v) is 26.7. The van der Waals surface area contributed by atoms with Crippen LogP contribution in [0.5, 0.6) is 0 Å². The summed E-state index contributed by atoms with van der Waals surface area (Å²) in [5.74, 6) is 0.